The van der Waals surface area contributed by atoms with Gasteiger partial charge in [-0.2, -0.15) is 8.78 Å². The lowest BCUT2D eigenvalue weighted by Crippen LogP contribution is -2.48. The zero-order chi connectivity index (χ0) is 23.8. The summed E-state index contributed by atoms with van der Waals surface area (Å²) >= 11 is 0. The van der Waals surface area contributed by atoms with E-state index in [1.807, 2.05) is 6.92 Å². The van der Waals surface area contributed by atoms with Crippen LogP contribution >= 0.6 is 0 Å². The molecule has 2 aliphatic heterocycles. The predicted octanol–water partition coefficient (Wildman–Crippen LogP) is 6.32. The number of hydrogen-bond donors (Lipinski definition) is 0. The summed E-state index contributed by atoms with van der Waals surface area (Å²) in [7, 11) is 0. The molecule has 196 valence electrons. The van der Waals surface area contributed by atoms with Gasteiger partial charge in [-0.25, -0.2) is 0 Å². The molecule has 0 atom stereocenters. The summed E-state index contributed by atoms with van der Waals surface area (Å²) in [5, 5.41) is 0. The fourth-order valence-electron chi connectivity index (χ4n) is 6.52. The molecule has 0 radical (unpaired) electrons. The Labute approximate surface area is 203 Å². The highest BCUT2D eigenvalue weighted by Crippen LogP contribution is 2.43. The summed E-state index contributed by atoms with van der Waals surface area (Å²) in [6.07, 6.45) is 11.9. The van der Waals surface area contributed by atoms with Gasteiger partial charge in [0.2, 0.25) is 0 Å². The molecule has 0 aromatic rings. The summed E-state index contributed by atoms with van der Waals surface area (Å²) < 4.78 is 53.9. The van der Waals surface area contributed by atoms with Crippen LogP contribution in [0, 0.1) is 29.6 Å². The summed E-state index contributed by atoms with van der Waals surface area (Å²) in [6.45, 7) is 5.06. The molecule has 4 rings (SSSR count). The SMILES string of the molecule is CCOC1COC(C2COC(C3CCC(C4CCC(CCCC=C(F)F)CC4)CC3)OC2)OC1. The minimum atomic E-state index is -1.54. The summed E-state index contributed by atoms with van der Waals surface area (Å²) in [4.78, 5) is 0. The van der Waals surface area contributed by atoms with Gasteiger partial charge in [0.05, 0.1) is 32.3 Å². The van der Waals surface area contributed by atoms with Crippen LogP contribution in [0.5, 0.6) is 0 Å². The second kappa shape index (κ2) is 13.6. The van der Waals surface area contributed by atoms with Crippen molar-refractivity contribution in [2.45, 2.75) is 96.2 Å². The van der Waals surface area contributed by atoms with Gasteiger partial charge in [-0.05, 0) is 82.1 Å². The Hall–Kier alpha value is -0.600. The van der Waals surface area contributed by atoms with Gasteiger partial charge in [0.1, 0.15) is 6.10 Å². The number of ether oxygens (including phenoxy) is 5. The van der Waals surface area contributed by atoms with E-state index < -0.39 is 6.08 Å². The first-order valence-electron chi connectivity index (χ1n) is 13.7. The first-order valence-corrected chi connectivity index (χ1v) is 13.7. The third-order valence-corrected chi connectivity index (χ3v) is 8.50. The van der Waals surface area contributed by atoms with E-state index in [-0.39, 0.29) is 24.6 Å². The third-order valence-electron chi connectivity index (χ3n) is 8.50. The molecule has 4 fully saturated rings. The first-order chi connectivity index (χ1) is 16.6. The lowest BCUT2D eigenvalue weighted by Gasteiger charge is -2.42. The monoisotopic (exact) mass is 486 g/mol. The van der Waals surface area contributed by atoms with Gasteiger partial charge in [0.15, 0.2) is 12.6 Å². The molecule has 0 unspecified atom stereocenters. The van der Waals surface area contributed by atoms with E-state index >= 15 is 0 Å². The van der Waals surface area contributed by atoms with Crippen molar-refractivity contribution in [2.24, 2.45) is 29.6 Å². The van der Waals surface area contributed by atoms with Gasteiger partial charge in [0.25, 0.3) is 6.08 Å². The molecular formula is C27H44F2O5. The Balaban J connectivity index is 1.09. The van der Waals surface area contributed by atoms with Crippen LogP contribution in [0.2, 0.25) is 0 Å². The van der Waals surface area contributed by atoms with Crippen LogP contribution in [-0.4, -0.2) is 51.7 Å². The minimum Gasteiger partial charge on any atom is -0.374 e. The van der Waals surface area contributed by atoms with Gasteiger partial charge in [-0.15, -0.1) is 0 Å². The Morgan fingerprint density at radius 3 is 1.85 bits per heavy atom. The average molecular weight is 487 g/mol. The first kappa shape index (κ1) is 26.5. The molecular weight excluding hydrogens is 442 g/mol. The highest BCUT2D eigenvalue weighted by molar-refractivity contribution is 4.85. The smallest absolute Gasteiger partial charge is 0.266 e. The van der Waals surface area contributed by atoms with E-state index in [1.165, 1.54) is 51.4 Å². The van der Waals surface area contributed by atoms with Crippen LogP contribution in [0.4, 0.5) is 8.78 Å². The number of halogens is 2. The second-order valence-electron chi connectivity index (χ2n) is 10.8. The van der Waals surface area contributed by atoms with Gasteiger partial charge in [-0.3, -0.25) is 0 Å². The highest BCUT2D eigenvalue weighted by atomic mass is 19.3. The molecule has 2 saturated heterocycles. The van der Waals surface area contributed by atoms with Crippen molar-refractivity contribution in [3.63, 3.8) is 0 Å². The fourth-order valence-corrected chi connectivity index (χ4v) is 6.52. The van der Waals surface area contributed by atoms with Crippen molar-refractivity contribution in [2.75, 3.05) is 33.0 Å². The summed E-state index contributed by atoms with van der Waals surface area (Å²) in [5.41, 5.74) is 0. The molecule has 2 saturated carbocycles. The van der Waals surface area contributed by atoms with Crippen molar-refractivity contribution >= 4 is 0 Å². The molecule has 4 aliphatic rings. The lowest BCUT2D eigenvalue weighted by atomic mass is 9.68. The van der Waals surface area contributed by atoms with Gasteiger partial charge in [-0.1, -0.05) is 19.3 Å². The highest BCUT2D eigenvalue weighted by Gasteiger charge is 2.38. The zero-order valence-electron chi connectivity index (χ0n) is 20.8. The molecule has 7 heteroatoms. The topological polar surface area (TPSA) is 46.2 Å². The number of allylic oxidation sites excluding steroid dienone is 1. The van der Waals surface area contributed by atoms with Gasteiger partial charge < -0.3 is 23.7 Å². The third kappa shape index (κ3) is 7.70. The standard InChI is InChI=1S/C27H44F2O5/c1-2-30-24-17-33-27(34-18-24)23-15-31-26(32-16-23)22-13-11-21(12-14-22)20-9-7-19(8-10-20)5-3-4-6-25(28)29/h6,19-24,26-27H,2-5,7-18H2,1H3. The van der Waals surface area contributed by atoms with E-state index in [4.69, 9.17) is 23.7 Å². The molecule has 0 spiro atoms. The molecule has 5 nitrogen and oxygen atoms in total. The number of hydrogen-bond acceptors (Lipinski definition) is 5. The molecule has 0 N–H and O–H groups in total. The van der Waals surface area contributed by atoms with Crippen LogP contribution < -0.4 is 0 Å². The maximum absolute atomic E-state index is 12.2. The molecule has 0 amide bonds. The molecule has 0 bridgehead atoms. The van der Waals surface area contributed by atoms with E-state index in [0.29, 0.717) is 45.4 Å². The molecule has 2 aliphatic carbocycles. The van der Waals surface area contributed by atoms with Crippen LogP contribution in [0.25, 0.3) is 0 Å². The van der Waals surface area contributed by atoms with Crippen molar-refractivity contribution in [1.29, 1.82) is 0 Å². The lowest BCUT2D eigenvalue weighted by molar-refractivity contribution is -0.298. The number of rotatable bonds is 9. The quantitative estimate of drug-likeness (QED) is 0.357. The van der Waals surface area contributed by atoms with Crippen molar-refractivity contribution in [1.82, 2.24) is 0 Å². The fraction of sp³-hybridized carbons (Fsp3) is 0.926. The van der Waals surface area contributed by atoms with Crippen LogP contribution in [0.3, 0.4) is 0 Å². The zero-order valence-corrected chi connectivity index (χ0v) is 20.8. The Morgan fingerprint density at radius 1 is 0.735 bits per heavy atom. The van der Waals surface area contributed by atoms with Gasteiger partial charge in [0, 0.05) is 12.5 Å². The average Bonchev–Trinajstić information content (AvgIpc) is 2.88. The van der Waals surface area contributed by atoms with E-state index in [1.54, 1.807) is 0 Å². The predicted molar refractivity (Wildman–Crippen MR) is 125 cm³/mol. The van der Waals surface area contributed by atoms with E-state index in [9.17, 15) is 8.78 Å². The Kier molecular flexibility index (Phi) is 10.6. The molecule has 2 heterocycles. The van der Waals surface area contributed by atoms with Crippen LogP contribution in [0.15, 0.2) is 12.2 Å². The molecule has 0 aromatic heterocycles. The number of unbranched alkanes of at least 4 members (excludes halogenated alkanes) is 1. The van der Waals surface area contributed by atoms with E-state index in [2.05, 4.69) is 0 Å². The minimum absolute atomic E-state index is 0.0282. The van der Waals surface area contributed by atoms with E-state index in [0.717, 1.165) is 36.7 Å². The summed E-state index contributed by atoms with van der Waals surface area (Å²) in [6, 6.07) is 0. The summed E-state index contributed by atoms with van der Waals surface area (Å²) in [5.74, 6) is 3.03. The largest absolute Gasteiger partial charge is 0.374 e. The molecule has 0 aromatic carbocycles. The van der Waals surface area contributed by atoms with Crippen LogP contribution in [-0.2, 0) is 23.7 Å². The van der Waals surface area contributed by atoms with Crippen molar-refractivity contribution in [3.05, 3.63) is 12.2 Å². The molecule has 34 heavy (non-hydrogen) atoms. The van der Waals surface area contributed by atoms with Crippen LogP contribution in [0.1, 0.15) is 77.6 Å². The van der Waals surface area contributed by atoms with Crippen molar-refractivity contribution in [3.8, 4) is 0 Å². The second-order valence-corrected chi connectivity index (χ2v) is 10.8. The normalized spacial score (nSPS) is 39.5. The maximum atomic E-state index is 12.2. The Bertz CT molecular complexity index is 596. The van der Waals surface area contributed by atoms with Gasteiger partial charge >= 0.3 is 0 Å². The maximum Gasteiger partial charge on any atom is 0.266 e. The van der Waals surface area contributed by atoms with Crippen molar-refractivity contribution < 1.29 is 32.5 Å². The Morgan fingerprint density at radius 2 is 1.26 bits per heavy atom.